The van der Waals surface area contributed by atoms with E-state index in [0.29, 0.717) is 6.61 Å². The molecule has 2 N–H and O–H groups in total. The first-order valence-corrected chi connectivity index (χ1v) is 7.10. The van der Waals surface area contributed by atoms with Crippen molar-refractivity contribution in [1.29, 1.82) is 0 Å². The van der Waals surface area contributed by atoms with Crippen molar-refractivity contribution >= 4 is 5.91 Å². The number of carbonyl (C=O) groups excluding carboxylic acids is 1. The number of hydrogen-bond acceptors (Lipinski definition) is 4. The van der Waals surface area contributed by atoms with E-state index in [0.717, 1.165) is 23.1 Å². The lowest BCUT2D eigenvalue weighted by Crippen LogP contribution is -2.28. The molecule has 0 aliphatic heterocycles. The highest BCUT2D eigenvalue weighted by atomic mass is 16.5. The Morgan fingerprint density at radius 2 is 2.23 bits per heavy atom. The molecule has 0 fully saturated rings. The van der Waals surface area contributed by atoms with Crippen molar-refractivity contribution < 1.29 is 9.53 Å². The van der Waals surface area contributed by atoms with Gasteiger partial charge in [-0.25, -0.2) is 4.98 Å². The molecule has 0 bridgehead atoms. The number of benzene rings is 1. The molecule has 0 aliphatic carbocycles. The number of amides is 1. The number of ether oxygens (including phenoxy) is 1. The number of H-pyrrole nitrogens is 1. The molecule has 22 heavy (non-hydrogen) atoms. The van der Waals surface area contributed by atoms with Crippen molar-refractivity contribution in [2.75, 3.05) is 6.61 Å². The third-order valence-electron chi connectivity index (χ3n) is 3.18. The van der Waals surface area contributed by atoms with Crippen LogP contribution in [0.2, 0.25) is 0 Å². The number of nitrogens with zero attached hydrogens (tertiary/aromatic N) is 1. The summed E-state index contributed by atoms with van der Waals surface area (Å²) < 4.78 is 5.60. The van der Waals surface area contributed by atoms with Crippen molar-refractivity contribution in [3.63, 3.8) is 0 Å². The van der Waals surface area contributed by atoms with Crippen molar-refractivity contribution in [2.45, 2.75) is 26.8 Å². The quantitative estimate of drug-likeness (QED) is 0.884. The highest BCUT2D eigenvalue weighted by Crippen LogP contribution is 2.26. The topological polar surface area (TPSA) is 84.1 Å². The van der Waals surface area contributed by atoms with Crippen LogP contribution < -0.4 is 15.6 Å². The fraction of sp³-hybridized carbons (Fsp3) is 0.312. The Labute approximate surface area is 128 Å². The van der Waals surface area contributed by atoms with Crippen LogP contribution in [0.25, 0.3) is 0 Å². The highest BCUT2D eigenvalue weighted by molar-refractivity contribution is 5.92. The van der Waals surface area contributed by atoms with Crippen molar-refractivity contribution in [3.8, 4) is 5.75 Å². The van der Waals surface area contributed by atoms with Gasteiger partial charge in [-0.2, -0.15) is 0 Å². The Morgan fingerprint density at radius 1 is 1.45 bits per heavy atom. The zero-order valence-corrected chi connectivity index (χ0v) is 12.8. The standard InChI is InChI=1S/C16H19N3O3/c1-4-22-14-6-5-10(2)7-12(14)11(3)19-16(21)13-8-18-15(20)9-17-13/h5-9,11H,4H2,1-3H3,(H,18,20)(H,19,21). The minimum absolute atomic E-state index is 0.164. The van der Waals surface area contributed by atoms with Crippen LogP contribution in [-0.2, 0) is 0 Å². The number of rotatable bonds is 5. The van der Waals surface area contributed by atoms with Gasteiger partial charge in [-0.3, -0.25) is 9.59 Å². The van der Waals surface area contributed by atoms with Gasteiger partial charge in [0.2, 0.25) is 0 Å². The lowest BCUT2D eigenvalue weighted by molar-refractivity contribution is 0.0934. The molecule has 1 atom stereocenters. The molecule has 0 saturated carbocycles. The molecule has 2 aromatic rings. The van der Waals surface area contributed by atoms with Crippen LogP contribution in [0.4, 0.5) is 0 Å². The Hall–Kier alpha value is -2.63. The summed E-state index contributed by atoms with van der Waals surface area (Å²) in [5.74, 6) is 0.392. The first-order chi connectivity index (χ1) is 10.5. The number of carbonyl (C=O) groups is 1. The minimum atomic E-state index is -0.354. The third kappa shape index (κ3) is 3.72. The molecule has 1 unspecified atom stereocenters. The molecule has 116 valence electrons. The molecule has 1 heterocycles. The van der Waals surface area contributed by atoms with Crippen LogP contribution in [0.1, 0.15) is 41.5 Å². The Balaban J connectivity index is 2.19. The summed E-state index contributed by atoms with van der Waals surface area (Å²) in [6, 6.07) is 5.60. The van der Waals surface area contributed by atoms with Gasteiger partial charge >= 0.3 is 0 Å². The summed E-state index contributed by atoms with van der Waals surface area (Å²) >= 11 is 0. The Morgan fingerprint density at radius 3 is 2.86 bits per heavy atom. The number of aromatic amines is 1. The molecule has 1 amide bonds. The fourth-order valence-corrected chi connectivity index (χ4v) is 2.11. The van der Waals surface area contributed by atoms with Gasteiger partial charge in [-0.15, -0.1) is 0 Å². The summed E-state index contributed by atoms with van der Waals surface area (Å²) in [5.41, 5.74) is 1.81. The van der Waals surface area contributed by atoms with Crippen LogP contribution >= 0.6 is 0 Å². The summed E-state index contributed by atoms with van der Waals surface area (Å²) in [4.78, 5) is 29.4. The highest BCUT2D eigenvalue weighted by Gasteiger charge is 2.16. The number of nitrogens with one attached hydrogen (secondary N) is 2. The average Bonchev–Trinajstić information content (AvgIpc) is 2.49. The lowest BCUT2D eigenvalue weighted by Gasteiger charge is -2.18. The van der Waals surface area contributed by atoms with Gasteiger partial charge in [0.1, 0.15) is 11.4 Å². The lowest BCUT2D eigenvalue weighted by atomic mass is 10.0. The number of hydrogen-bond donors (Lipinski definition) is 2. The summed E-state index contributed by atoms with van der Waals surface area (Å²) in [7, 11) is 0. The molecule has 1 aromatic heterocycles. The van der Waals surface area contributed by atoms with Crippen molar-refractivity contribution in [1.82, 2.24) is 15.3 Å². The second-order valence-electron chi connectivity index (χ2n) is 4.97. The molecule has 6 nitrogen and oxygen atoms in total. The molecule has 1 aromatic carbocycles. The maximum atomic E-state index is 12.2. The van der Waals surface area contributed by atoms with Gasteiger partial charge in [-0.05, 0) is 26.8 Å². The van der Waals surface area contributed by atoms with Crippen LogP contribution in [-0.4, -0.2) is 22.5 Å². The van der Waals surface area contributed by atoms with Crippen LogP contribution in [0.15, 0.2) is 35.4 Å². The first-order valence-electron chi connectivity index (χ1n) is 7.10. The predicted octanol–water partition coefficient (Wildman–Crippen LogP) is 1.97. The largest absolute Gasteiger partial charge is 0.494 e. The van der Waals surface area contributed by atoms with Crippen LogP contribution in [0.5, 0.6) is 5.75 Å². The second kappa shape index (κ2) is 6.89. The van der Waals surface area contributed by atoms with Gasteiger partial charge in [0.05, 0.1) is 18.8 Å². The zero-order valence-electron chi connectivity index (χ0n) is 12.8. The van der Waals surface area contributed by atoms with Crippen molar-refractivity contribution in [2.24, 2.45) is 0 Å². The van der Waals surface area contributed by atoms with E-state index in [1.807, 2.05) is 39.0 Å². The van der Waals surface area contributed by atoms with Gasteiger partial charge in [-0.1, -0.05) is 17.7 Å². The van der Waals surface area contributed by atoms with E-state index in [1.165, 1.54) is 6.20 Å². The van der Waals surface area contributed by atoms with Gasteiger partial charge in [0, 0.05) is 11.8 Å². The monoisotopic (exact) mass is 301 g/mol. The van der Waals surface area contributed by atoms with Crippen LogP contribution in [0, 0.1) is 6.92 Å². The fourth-order valence-electron chi connectivity index (χ4n) is 2.11. The van der Waals surface area contributed by atoms with E-state index in [4.69, 9.17) is 4.74 Å². The molecule has 0 spiro atoms. The molecule has 0 radical (unpaired) electrons. The number of aromatic nitrogens is 2. The second-order valence-corrected chi connectivity index (χ2v) is 4.97. The minimum Gasteiger partial charge on any atom is -0.494 e. The van der Waals surface area contributed by atoms with E-state index in [-0.39, 0.29) is 23.2 Å². The summed E-state index contributed by atoms with van der Waals surface area (Å²) in [5, 5.41) is 2.85. The predicted molar refractivity (Wildman–Crippen MR) is 83.1 cm³/mol. The maximum absolute atomic E-state index is 12.2. The Bertz CT molecular complexity index is 704. The normalized spacial score (nSPS) is 11.8. The zero-order chi connectivity index (χ0) is 16.1. The van der Waals surface area contributed by atoms with Gasteiger partial charge in [0.25, 0.3) is 11.5 Å². The van der Waals surface area contributed by atoms with E-state index in [9.17, 15) is 9.59 Å². The van der Waals surface area contributed by atoms with Gasteiger partial charge < -0.3 is 15.0 Å². The van der Waals surface area contributed by atoms with Gasteiger partial charge in [0.15, 0.2) is 0 Å². The number of aryl methyl sites for hydroxylation is 1. The molecule has 6 heteroatoms. The Kier molecular flexibility index (Phi) is 4.93. The third-order valence-corrected chi connectivity index (χ3v) is 3.18. The molecule has 0 aliphatic rings. The molecular weight excluding hydrogens is 282 g/mol. The smallest absolute Gasteiger partial charge is 0.271 e. The first kappa shape index (κ1) is 15.8. The SMILES string of the molecule is CCOc1ccc(C)cc1C(C)NC(=O)c1c[nH]c(=O)cn1. The average molecular weight is 301 g/mol. The molecule has 0 saturated heterocycles. The molecular formula is C16H19N3O3. The maximum Gasteiger partial charge on any atom is 0.271 e. The van der Waals surface area contributed by atoms with Crippen molar-refractivity contribution in [3.05, 3.63) is 57.8 Å². The molecule has 2 rings (SSSR count). The van der Waals surface area contributed by atoms with E-state index >= 15 is 0 Å². The summed E-state index contributed by atoms with van der Waals surface area (Å²) in [6.45, 7) is 6.33. The van der Waals surface area contributed by atoms with Crippen LogP contribution in [0.3, 0.4) is 0 Å². The summed E-state index contributed by atoms with van der Waals surface area (Å²) in [6.07, 6.45) is 2.38. The van der Waals surface area contributed by atoms with E-state index in [1.54, 1.807) is 0 Å². The van der Waals surface area contributed by atoms with E-state index in [2.05, 4.69) is 15.3 Å². The van der Waals surface area contributed by atoms with E-state index < -0.39 is 0 Å².